The molecule has 0 aliphatic carbocycles. The molecular formula is C17H18ClNO4S. The minimum absolute atomic E-state index is 0.0605. The van der Waals surface area contributed by atoms with Crippen LogP contribution in [0.4, 0.5) is 5.69 Å². The van der Waals surface area contributed by atoms with Gasteiger partial charge in [0.15, 0.2) is 0 Å². The molecular weight excluding hydrogens is 350 g/mol. The van der Waals surface area contributed by atoms with E-state index >= 15 is 0 Å². The molecule has 0 fully saturated rings. The Hall–Kier alpha value is -2.05. The van der Waals surface area contributed by atoms with E-state index in [0.717, 1.165) is 9.21 Å². The highest BCUT2D eigenvalue weighted by molar-refractivity contribution is 7.16. The van der Waals surface area contributed by atoms with Crippen molar-refractivity contribution in [3.63, 3.8) is 0 Å². The van der Waals surface area contributed by atoms with Gasteiger partial charge in [-0.1, -0.05) is 11.6 Å². The fourth-order valence-corrected chi connectivity index (χ4v) is 3.08. The van der Waals surface area contributed by atoms with Crippen molar-refractivity contribution >= 4 is 40.5 Å². The van der Waals surface area contributed by atoms with E-state index in [4.69, 9.17) is 21.4 Å². The number of ether oxygens (including phenoxy) is 1. The number of amides is 1. The molecule has 2 N–H and O–H groups in total. The number of benzene rings is 1. The van der Waals surface area contributed by atoms with E-state index in [1.54, 1.807) is 24.3 Å². The van der Waals surface area contributed by atoms with Crippen LogP contribution in [0.15, 0.2) is 36.4 Å². The number of aliphatic carboxylic acids is 1. The Bertz CT molecular complexity index is 684. The number of thiophene rings is 1. The van der Waals surface area contributed by atoms with E-state index in [1.165, 1.54) is 11.3 Å². The van der Waals surface area contributed by atoms with Crippen molar-refractivity contribution in [3.05, 3.63) is 45.6 Å². The Labute approximate surface area is 149 Å². The first-order valence-corrected chi connectivity index (χ1v) is 8.71. The van der Waals surface area contributed by atoms with Crippen LogP contribution in [0.5, 0.6) is 5.75 Å². The molecule has 0 aliphatic heterocycles. The molecule has 7 heteroatoms. The Morgan fingerprint density at radius 2 is 1.88 bits per heavy atom. The number of hydrogen-bond donors (Lipinski definition) is 2. The summed E-state index contributed by atoms with van der Waals surface area (Å²) in [6.45, 7) is 0.349. The van der Waals surface area contributed by atoms with E-state index in [-0.39, 0.29) is 12.3 Å². The second kappa shape index (κ2) is 9.30. The molecule has 0 saturated carbocycles. The van der Waals surface area contributed by atoms with Gasteiger partial charge < -0.3 is 15.2 Å². The van der Waals surface area contributed by atoms with Crippen LogP contribution in [0.1, 0.15) is 24.1 Å². The molecule has 1 aromatic heterocycles. The van der Waals surface area contributed by atoms with E-state index < -0.39 is 5.97 Å². The minimum Gasteiger partial charge on any atom is -0.494 e. The first-order valence-electron chi connectivity index (χ1n) is 7.51. The van der Waals surface area contributed by atoms with Gasteiger partial charge in [0.05, 0.1) is 10.9 Å². The van der Waals surface area contributed by atoms with Crippen LogP contribution in [0, 0.1) is 0 Å². The lowest BCUT2D eigenvalue weighted by molar-refractivity contribution is -0.137. The number of carbonyl (C=O) groups is 2. The first kappa shape index (κ1) is 18.3. The zero-order chi connectivity index (χ0) is 17.4. The summed E-state index contributed by atoms with van der Waals surface area (Å²) < 4.78 is 6.16. The van der Waals surface area contributed by atoms with Gasteiger partial charge in [-0.2, -0.15) is 0 Å². The molecule has 2 aromatic rings. The smallest absolute Gasteiger partial charge is 0.303 e. The molecule has 0 spiro atoms. The van der Waals surface area contributed by atoms with Gasteiger partial charge in [0.1, 0.15) is 5.75 Å². The van der Waals surface area contributed by atoms with Gasteiger partial charge in [-0.25, -0.2) is 0 Å². The largest absolute Gasteiger partial charge is 0.494 e. The third-order valence-electron chi connectivity index (χ3n) is 3.17. The first-order chi connectivity index (χ1) is 11.5. The van der Waals surface area contributed by atoms with E-state index in [1.807, 2.05) is 12.1 Å². The summed E-state index contributed by atoms with van der Waals surface area (Å²) in [5, 5.41) is 11.4. The summed E-state index contributed by atoms with van der Waals surface area (Å²) in [6, 6.07) is 10.8. The lowest BCUT2D eigenvalue weighted by Gasteiger charge is -2.08. The van der Waals surface area contributed by atoms with Crippen LogP contribution < -0.4 is 10.1 Å². The second-order valence-electron chi connectivity index (χ2n) is 5.12. The molecule has 0 atom stereocenters. The lowest BCUT2D eigenvalue weighted by Crippen LogP contribution is -2.12. The van der Waals surface area contributed by atoms with E-state index in [9.17, 15) is 9.59 Å². The zero-order valence-corrected chi connectivity index (χ0v) is 14.5. The van der Waals surface area contributed by atoms with E-state index in [0.29, 0.717) is 37.3 Å². The standard InChI is InChI=1S/C17H18ClNO4S/c18-15-9-7-14(24-15)8-10-16(20)19-12-3-5-13(6-4-12)23-11-1-2-17(21)22/h3-7,9H,1-2,8,10-11H2,(H,19,20)(H,21,22). The maximum Gasteiger partial charge on any atom is 0.303 e. The molecule has 2 rings (SSSR count). The van der Waals surface area contributed by atoms with Gasteiger partial charge in [-0.05, 0) is 49.2 Å². The molecule has 0 radical (unpaired) electrons. The maximum atomic E-state index is 11.9. The minimum atomic E-state index is -0.832. The maximum absolute atomic E-state index is 11.9. The Morgan fingerprint density at radius 3 is 2.50 bits per heavy atom. The Morgan fingerprint density at radius 1 is 1.12 bits per heavy atom. The van der Waals surface area contributed by atoms with Gasteiger partial charge in [-0.3, -0.25) is 9.59 Å². The number of carboxylic acid groups (broad SMARTS) is 1. The molecule has 1 amide bonds. The highest BCUT2D eigenvalue weighted by Gasteiger charge is 2.05. The van der Waals surface area contributed by atoms with Gasteiger partial charge in [-0.15, -0.1) is 11.3 Å². The summed E-state index contributed by atoms with van der Waals surface area (Å²) in [4.78, 5) is 23.4. The summed E-state index contributed by atoms with van der Waals surface area (Å²) >= 11 is 7.34. The molecule has 24 heavy (non-hydrogen) atoms. The van der Waals surface area contributed by atoms with Crippen LogP contribution in [0.3, 0.4) is 0 Å². The number of carboxylic acids is 1. The Kier molecular flexibility index (Phi) is 7.08. The number of aryl methyl sites for hydroxylation is 1. The highest BCUT2D eigenvalue weighted by atomic mass is 35.5. The number of carbonyl (C=O) groups excluding carboxylic acids is 1. The van der Waals surface area contributed by atoms with Crippen molar-refractivity contribution < 1.29 is 19.4 Å². The van der Waals surface area contributed by atoms with Gasteiger partial charge >= 0.3 is 5.97 Å². The van der Waals surface area contributed by atoms with Gasteiger partial charge in [0.25, 0.3) is 0 Å². The predicted octanol–water partition coefficient (Wildman–Crippen LogP) is 4.22. The molecule has 1 heterocycles. The summed E-state index contributed by atoms with van der Waals surface area (Å²) in [6.07, 6.45) is 1.60. The van der Waals surface area contributed by atoms with E-state index in [2.05, 4.69) is 5.32 Å². The molecule has 5 nitrogen and oxygen atoms in total. The van der Waals surface area contributed by atoms with Crippen molar-refractivity contribution in [2.45, 2.75) is 25.7 Å². The van der Waals surface area contributed by atoms with Crippen LogP contribution in [0.25, 0.3) is 0 Å². The zero-order valence-electron chi connectivity index (χ0n) is 13.0. The van der Waals surface area contributed by atoms with Crippen LogP contribution in [-0.4, -0.2) is 23.6 Å². The van der Waals surface area contributed by atoms with Gasteiger partial charge in [0.2, 0.25) is 5.91 Å². The molecule has 0 aliphatic rings. The number of anilines is 1. The third kappa shape index (κ3) is 6.60. The van der Waals surface area contributed by atoms with Crippen molar-refractivity contribution in [2.75, 3.05) is 11.9 Å². The lowest BCUT2D eigenvalue weighted by atomic mass is 10.2. The quantitative estimate of drug-likeness (QED) is 0.651. The summed E-state index contributed by atoms with van der Waals surface area (Å²) in [5.74, 6) is -0.247. The number of nitrogens with one attached hydrogen (secondary N) is 1. The fourth-order valence-electron chi connectivity index (χ4n) is 1.99. The third-order valence-corrected chi connectivity index (χ3v) is 4.46. The van der Waals surface area contributed by atoms with Crippen molar-refractivity contribution in [2.24, 2.45) is 0 Å². The van der Waals surface area contributed by atoms with Crippen molar-refractivity contribution in [3.8, 4) is 5.75 Å². The summed E-state index contributed by atoms with van der Waals surface area (Å²) in [5.41, 5.74) is 0.696. The van der Waals surface area contributed by atoms with Gasteiger partial charge in [0, 0.05) is 23.4 Å². The number of rotatable bonds is 9. The fraction of sp³-hybridized carbons (Fsp3) is 0.294. The topological polar surface area (TPSA) is 75.6 Å². The summed E-state index contributed by atoms with van der Waals surface area (Å²) in [7, 11) is 0. The molecule has 0 bridgehead atoms. The van der Waals surface area contributed by atoms with Crippen LogP contribution in [-0.2, 0) is 16.0 Å². The van der Waals surface area contributed by atoms with Crippen LogP contribution >= 0.6 is 22.9 Å². The second-order valence-corrected chi connectivity index (χ2v) is 6.92. The van der Waals surface area contributed by atoms with Crippen molar-refractivity contribution in [1.82, 2.24) is 0 Å². The molecule has 0 unspecified atom stereocenters. The van der Waals surface area contributed by atoms with Crippen LogP contribution in [0.2, 0.25) is 4.34 Å². The highest BCUT2D eigenvalue weighted by Crippen LogP contribution is 2.22. The number of hydrogen-bond acceptors (Lipinski definition) is 4. The SMILES string of the molecule is O=C(O)CCCOc1ccc(NC(=O)CCc2ccc(Cl)s2)cc1. The normalized spacial score (nSPS) is 10.4. The molecule has 128 valence electrons. The Balaban J connectivity index is 1.72. The average Bonchev–Trinajstić information content (AvgIpc) is 2.96. The molecule has 1 aromatic carbocycles. The monoisotopic (exact) mass is 367 g/mol. The molecule has 0 saturated heterocycles. The van der Waals surface area contributed by atoms with Crippen molar-refractivity contribution in [1.29, 1.82) is 0 Å². The average molecular weight is 368 g/mol. The predicted molar refractivity (Wildman–Crippen MR) is 95.1 cm³/mol. The number of halogens is 1.